The summed E-state index contributed by atoms with van der Waals surface area (Å²) < 4.78 is 36.3. The van der Waals surface area contributed by atoms with Gasteiger partial charge < -0.3 is 9.47 Å². The summed E-state index contributed by atoms with van der Waals surface area (Å²) in [7, 11) is -1.13. The van der Waals surface area contributed by atoms with Crippen LogP contribution in [0.1, 0.15) is 15.9 Å². The van der Waals surface area contributed by atoms with Crippen molar-refractivity contribution >= 4 is 51.1 Å². The number of sulfonamides is 1. The second-order valence-corrected chi connectivity index (χ2v) is 8.30. The highest BCUT2D eigenvalue weighted by molar-refractivity contribution is 7.89. The number of esters is 1. The third kappa shape index (κ3) is 6.04. The van der Waals surface area contributed by atoms with Crippen LogP contribution in [-0.2, 0) is 19.6 Å². The molecular formula is C19H17Cl2NO6S. The number of ether oxygens (including phenoxy) is 2. The van der Waals surface area contributed by atoms with E-state index in [0.717, 1.165) is 6.08 Å². The summed E-state index contributed by atoms with van der Waals surface area (Å²) in [6.07, 6.45) is 2.44. The summed E-state index contributed by atoms with van der Waals surface area (Å²) in [6.45, 7) is -0.507. The lowest BCUT2D eigenvalue weighted by Crippen LogP contribution is -2.19. The monoisotopic (exact) mass is 457 g/mol. The van der Waals surface area contributed by atoms with Crippen LogP contribution in [0.15, 0.2) is 47.4 Å². The summed E-state index contributed by atoms with van der Waals surface area (Å²) in [6, 6.07) is 8.73. The maximum absolute atomic E-state index is 12.1. The van der Waals surface area contributed by atoms with Crippen LogP contribution in [0.2, 0.25) is 10.0 Å². The highest BCUT2D eigenvalue weighted by atomic mass is 35.5. The van der Waals surface area contributed by atoms with Gasteiger partial charge in [-0.2, -0.15) is 0 Å². The molecule has 0 heterocycles. The van der Waals surface area contributed by atoms with Crippen molar-refractivity contribution in [2.24, 2.45) is 0 Å². The molecule has 2 aromatic rings. The Morgan fingerprint density at radius 3 is 2.48 bits per heavy atom. The molecule has 7 nitrogen and oxygen atoms in total. The van der Waals surface area contributed by atoms with Gasteiger partial charge >= 0.3 is 5.97 Å². The van der Waals surface area contributed by atoms with E-state index in [2.05, 4.69) is 4.72 Å². The van der Waals surface area contributed by atoms with Crippen molar-refractivity contribution in [3.63, 3.8) is 0 Å². The third-order valence-electron chi connectivity index (χ3n) is 3.73. The Balaban J connectivity index is 2.07. The Labute approximate surface area is 178 Å². The molecule has 0 aliphatic rings. The minimum atomic E-state index is -3.75. The van der Waals surface area contributed by atoms with E-state index < -0.39 is 28.4 Å². The number of methoxy groups -OCH3 is 1. The fourth-order valence-corrected chi connectivity index (χ4v) is 3.70. The van der Waals surface area contributed by atoms with Crippen LogP contribution >= 0.6 is 23.2 Å². The van der Waals surface area contributed by atoms with Gasteiger partial charge in [-0.05, 0) is 49.0 Å². The van der Waals surface area contributed by atoms with Crippen molar-refractivity contribution in [1.82, 2.24) is 4.72 Å². The molecule has 1 N–H and O–H groups in total. The summed E-state index contributed by atoms with van der Waals surface area (Å²) >= 11 is 11.7. The van der Waals surface area contributed by atoms with Crippen molar-refractivity contribution in [3.05, 3.63) is 63.6 Å². The third-order valence-corrected chi connectivity index (χ3v) is 5.72. The molecule has 2 aromatic carbocycles. The minimum absolute atomic E-state index is 0.0782. The van der Waals surface area contributed by atoms with E-state index in [-0.39, 0.29) is 21.2 Å². The van der Waals surface area contributed by atoms with Crippen LogP contribution in [0.5, 0.6) is 5.75 Å². The van der Waals surface area contributed by atoms with Gasteiger partial charge in [0.25, 0.3) is 0 Å². The van der Waals surface area contributed by atoms with Gasteiger partial charge in [0.1, 0.15) is 10.6 Å². The lowest BCUT2D eigenvalue weighted by atomic mass is 10.1. The lowest BCUT2D eigenvalue weighted by molar-refractivity contribution is -0.136. The molecule has 0 fully saturated rings. The highest BCUT2D eigenvalue weighted by Gasteiger charge is 2.18. The smallest absolute Gasteiger partial charge is 0.331 e. The largest absolute Gasteiger partial charge is 0.495 e. The molecule has 0 bridgehead atoms. The predicted octanol–water partition coefficient (Wildman–Crippen LogP) is 3.35. The molecule has 10 heteroatoms. The van der Waals surface area contributed by atoms with E-state index in [9.17, 15) is 18.0 Å². The molecule has 0 aromatic heterocycles. The molecule has 0 spiro atoms. The minimum Gasteiger partial charge on any atom is -0.495 e. The lowest BCUT2D eigenvalue weighted by Gasteiger charge is -2.09. The first-order valence-corrected chi connectivity index (χ1v) is 10.4. The molecule has 0 saturated carbocycles. The Morgan fingerprint density at radius 1 is 1.14 bits per heavy atom. The van der Waals surface area contributed by atoms with E-state index in [4.69, 9.17) is 32.7 Å². The van der Waals surface area contributed by atoms with E-state index in [1.54, 1.807) is 6.07 Å². The first-order valence-electron chi connectivity index (χ1n) is 8.12. The fraction of sp³-hybridized carbons (Fsp3) is 0.158. The van der Waals surface area contributed by atoms with Gasteiger partial charge in [-0.1, -0.05) is 29.3 Å². The summed E-state index contributed by atoms with van der Waals surface area (Å²) in [5, 5.41) is 0.538. The number of rotatable bonds is 8. The van der Waals surface area contributed by atoms with Crippen molar-refractivity contribution in [1.29, 1.82) is 0 Å². The summed E-state index contributed by atoms with van der Waals surface area (Å²) in [5.74, 6) is -1.11. The SMILES string of the molecule is CNS(=O)(=O)c1cc(/C=C/C(=O)OCC(=O)c2ccc(Cl)cc2Cl)ccc1OC. The molecule has 0 radical (unpaired) electrons. The van der Waals surface area contributed by atoms with E-state index in [1.807, 2.05) is 0 Å². The maximum Gasteiger partial charge on any atom is 0.331 e. The Bertz CT molecular complexity index is 1070. The van der Waals surface area contributed by atoms with Gasteiger partial charge in [-0.15, -0.1) is 0 Å². The van der Waals surface area contributed by atoms with Crippen LogP contribution in [-0.4, -0.2) is 40.9 Å². The van der Waals surface area contributed by atoms with E-state index in [1.165, 1.54) is 50.6 Å². The van der Waals surface area contributed by atoms with Gasteiger partial charge in [0.2, 0.25) is 15.8 Å². The van der Waals surface area contributed by atoms with Gasteiger partial charge in [-0.25, -0.2) is 17.9 Å². The molecule has 154 valence electrons. The zero-order valence-corrected chi connectivity index (χ0v) is 17.8. The predicted molar refractivity (Wildman–Crippen MR) is 110 cm³/mol. The molecule has 2 rings (SSSR count). The van der Waals surface area contributed by atoms with Crippen LogP contribution in [0.3, 0.4) is 0 Å². The second kappa shape index (κ2) is 9.89. The average Bonchev–Trinajstić information content (AvgIpc) is 2.70. The molecule has 0 saturated heterocycles. The van der Waals surface area contributed by atoms with Crippen LogP contribution < -0.4 is 9.46 Å². The van der Waals surface area contributed by atoms with Gasteiger partial charge in [0, 0.05) is 16.7 Å². The Hall–Kier alpha value is -2.39. The molecule has 0 aliphatic carbocycles. The first kappa shape index (κ1) is 22.9. The zero-order valence-electron chi connectivity index (χ0n) is 15.4. The Morgan fingerprint density at radius 2 is 1.86 bits per heavy atom. The van der Waals surface area contributed by atoms with Crippen molar-refractivity contribution in [2.75, 3.05) is 20.8 Å². The molecular weight excluding hydrogens is 441 g/mol. The maximum atomic E-state index is 12.1. The van der Waals surface area contributed by atoms with E-state index in [0.29, 0.717) is 10.6 Å². The zero-order chi connectivity index (χ0) is 21.6. The summed E-state index contributed by atoms with van der Waals surface area (Å²) in [4.78, 5) is 23.9. The average molecular weight is 458 g/mol. The number of halogens is 2. The van der Waals surface area contributed by atoms with Crippen molar-refractivity contribution in [3.8, 4) is 5.75 Å². The van der Waals surface area contributed by atoms with Gasteiger partial charge in [0.15, 0.2) is 6.61 Å². The Kier molecular flexibility index (Phi) is 7.80. The first-order chi connectivity index (χ1) is 13.7. The molecule has 0 amide bonds. The topological polar surface area (TPSA) is 98.8 Å². The number of benzene rings is 2. The fourth-order valence-electron chi connectivity index (χ4n) is 2.26. The number of hydrogen-bond acceptors (Lipinski definition) is 6. The van der Waals surface area contributed by atoms with Crippen LogP contribution in [0.4, 0.5) is 0 Å². The number of nitrogens with one attached hydrogen (secondary N) is 1. The molecule has 0 aliphatic heterocycles. The number of carbonyl (C=O) groups excluding carboxylic acids is 2. The number of ketones is 1. The standard InChI is InChI=1S/C19H17Cl2NO6S/c1-22-29(25,26)18-9-12(3-7-17(18)27-2)4-8-19(24)28-11-16(23)14-6-5-13(20)10-15(14)21/h3-10,22H,11H2,1-2H3/b8-4+. The second-order valence-electron chi connectivity index (χ2n) is 5.61. The number of hydrogen-bond donors (Lipinski definition) is 1. The molecule has 0 unspecified atom stereocenters. The quantitative estimate of drug-likeness (QED) is 0.370. The molecule has 29 heavy (non-hydrogen) atoms. The normalized spacial score (nSPS) is 11.4. The summed E-state index contributed by atoms with van der Waals surface area (Å²) in [5.41, 5.74) is 0.605. The number of carbonyl (C=O) groups is 2. The van der Waals surface area contributed by atoms with Crippen molar-refractivity contribution < 1.29 is 27.5 Å². The molecule has 0 atom stereocenters. The number of Topliss-reactive ketones (excluding diaryl/α,β-unsaturated/α-hetero) is 1. The van der Waals surface area contributed by atoms with Gasteiger partial charge in [0.05, 0.1) is 12.1 Å². The highest BCUT2D eigenvalue weighted by Crippen LogP contribution is 2.25. The van der Waals surface area contributed by atoms with Crippen LogP contribution in [0.25, 0.3) is 6.08 Å². The van der Waals surface area contributed by atoms with Gasteiger partial charge in [-0.3, -0.25) is 4.79 Å². The van der Waals surface area contributed by atoms with Crippen molar-refractivity contribution in [2.45, 2.75) is 4.90 Å². The van der Waals surface area contributed by atoms with Crippen LogP contribution in [0, 0.1) is 0 Å². The van der Waals surface area contributed by atoms with E-state index >= 15 is 0 Å².